The topological polar surface area (TPSA) is 87.3 Å². The average molecular weight is 398 g/mol. The van der Waals surface area contributed by atoms with Gasteiger partial charge in [-0.3, -0.25) is 14.4 Å². The third-order valence-corrected chi connectivity index (χ3v) is 5.06. The van der Waals surface area contributed by atoms with Gasteiger partial charge in [0.05, 0.1) is 31.2 Å². The van der Waals surface area contributed by atoms with Crippen LogP contribution in [0.4, 0.5) is 0 Å². The highest BCUT2D eigenvalue weighted by atomic mass is 16.1. The Morgan fingerprint density at radius 2 is 1.25 bits per heavy atom. The number of rotatable bonds is 18. The summed E-state index contributed by atoms with van der Waals surface area (Å²) < 4.78 is 0. The van der Waals surface area contributed by atoms with E-state index in [1.54, 1.807) is 14.0 Å². The zero-order chi connectivity index (χ0) is 21.5. The van der Waals surface area contributed by atoms with Gasteiger partial charge in [0.1, 0.15) is 5.78 Å². The smallest absolute Gasteiger partial charge is 0.163 e. The molecule has 3 N–H and O–H groups in total. The summed E-state index contributed by atoms with van der Waals surface area (Å²) in [6.07, 6.45) is 6.21. The molecule has 0 unspecified atom stereocenters. The number of ketones is 3. The maximum atomic E-state index is 12.7. The molecule has 0 radical (unpaired) electrons. The number of hydrogen-bond acceptors (Lipinski definition) is 6. The number of nitrogens with one attached hydrogen (secondary N) is 3. The summed E-state index contributed by atoms with van der Waals surface area (Å²) in [6.45, 7) is 10.2. The van der Waals surface area contributed by atoms with Crippen molar-refractivity contribution in [3.63, 3.8) is 0 Å². The molecule has 0 aromatic carbocycles. The molecule has 0 rings (SSSR count). The molecule has 0 saturated heterocycles. The number of hydrogen-bond donors (Lipinski definition) is 3. The van der Waals surface area contributed by atoms with Gasteiger partial charge < -0.3 is 16.0 Å². The van der Waals surface area contributed by atoms with Gasteiger partial charge in [-0.2, -0.15) is 0 Å². The Kier molecular flexibility index (Phi) is 15.1. The molecule has 0 saturated carbocycles. The van der Waals surface area contributed by atoms with Crippen molar-refractivity contribution in [2.75, 3.05) is 20.1 Å². The van der Waals surface area contributed by atoms with Gasteiger partial charge in [0.15, 0.2) is 11.6 Å². The van der Waals surface area contributed by atoms with E-state index in [-0.39, 0.29) is 48.6 Å². The Labute approximate surface area is 172 Å². The van der Waals surface area contributed by atoms with Gasteiger partial charge in [0, 0.05) is 0 Å². The van der Waals surface area contributed by atoms with E-state index >= 15 is 0 Å². The highest BCUT2D eigenvalue weighted by Crippen LogP contribution is 2.07. The summed E-state index contributed by atoms with van der Waals surface area (Å²) in [4.78, 5) is 37.0. The molecule has 0 bridgehead atoms. The quantitative estimate of drug-likeness (QED) is 0.330. The highest BCUT2D eigenvalue weighted by molar-refractivity contribution is 5.89. The van der Waals surface area contributed by atoms with Gasteiger partial charge in [-0.05, 0) is 39.2 Å². The molecular formula is C22H43N3O3. The maximum absolute atomic E-state index is 12.7. The molecule has 0 aliphatic heterocycles. The summed E-state index contributed by atoms with van der Waals surface area (Å²) in [6, 6.07) is -0.813. The van der Waals surface area contributed by atoms with Crippen LogP contribution in [-0.4, -0.2) is 55.6 Å². The van der Waals surface area contributed by atoms with E-state index in [1.165, 1.54) is 0 Å². The Morgan fingerprint density at radius 1 is 0.786 bits per heavy atom. The van der Waals surface area contributed by atoms with Gasteiger partial charge in [0.25, 0.3) is 0 Å². The van der Waals surface area contributed by atoms with Crippen LogP contribution in [0.5, 0.6) is 0 Å². The number of unbranched alkanes of at least 4 members (excludes halogenated alkanes) is 2. The summed E-state index contributed by atoms with van der Waals surface area (Å²) in [7, 11) is 1.80. The summed E-state index contributed by atoms with van der Waals surface area (Å²) >= 11 is 0. The lowest BCUT2D eigenvalue weighted by atomic mass is 9.99. The number of Topliss-reactive ketones (excluding diaryl/α,β-unsaturated/α-hetero) is 3. The third-order valence-electron chi connectivity index (χ3n) is 5.06. The molecular weight excluding hydrogens is 354 g/mol. The largest absolute Gasteiger partial charge is 0.311 e. The van der Waals surface area contributed by atoms with Crippen LogP contribution in [0.3, 0.4) is 0 Å². The Morgan fingerprint density at radius 3 is 1.68 bits per heavy atom. The fourth-order valence-electron chi connectivity index (χ4n) is 3.22. The van der Waals surface area contributed by atoms with Crippen molar-refractivity contribution in [1.82, 2.24) is 16.0 Å². The van der Waals surface area contributed by atoms with E-state index in [0.29, 0.717) is 12.3 Å². The van der Waals surface area contributed by atoms with Crippen LogP contribution in [0.25, 0.3) is 0 Å². The highest BCUT2D eigenvalue weighted by Gasteiger charge is 2.23. The van der Waals surface area contributed by atoms with Gasteiger partial charge in [-0.25, -0.2) is 0 Å². The van der Waals surface area contributed by atoms with Crippen molar-refractivity contribution in [1.29, 1.82) is 0 Å². The van der Waals surface area contributed by atoms with Crippen molar-refractivity contribution in [2.45, 2.75) is 97.7 Å². The standard InChI is InChI=1S/C22H43N3O3/c1-7-9-11-18(23-6)21(27)14-24-19(12-10-8-2)22(28)15-25-20(17(5)26)13-16(3)4/h16,18-20,23-25H,7-15H2,1-6H3/t18-,19-,20-/m0/s1. The number of carbonyl (C=O) groups is 3. The van der Waals surface area contributed by atoms with Crippen molar-refractivity contribution >= 4 is 17.3 Å². The zero-order valence-corrected chi connectivity index (χ0v) is 18.9. The Hall–Kier alpha value is -1.11. The SMILES string of the molecule is CCCC[C@H](NC)C(=O)CN[C@@H](CCCC)C(=O)CN[C@@H](CC(C)C)C(C)=O. The van der Waals surface area contributed by atoms with E-state index < -0.39 is 0 Å². The number of likely N-dealkylation sites (N-methyl/N-ethyl adjacent to an activating group) is 1. The second-order valence-corrected chi connectivity index (χ2v) is 8.17. The van der Waals surface area contributed by atoms with Crippen LogP contribution in [-0.2, 0) is 14.4 Å². The van der Waals surface area contributed by atoms with Crippen LogP contribution in [0, 0.1) is 5.92 Å². The maximum Gasteiger partial charge on any atom is 0.163 e. The molecule has 0 amide bonds. The first-order chi connectivity index (χ1) is 13.3. The van der Waals surface area contributed by atoms with Gasteiger partial charge in [-0.15, -0.1) is 0 Å². The van der Waals surface area contributed by atoms with E-state index in [9.17, 15) is 14.4 Å². The summed E-state index contributed by atoms with van der Waals surface area (Å²) in [5.74, 6) is 0.553. The van der Waals surface area contributed by atoms with Crippen molar-refractivity contribution in [3.05, 3.63) is 0 Å². The predicted molar refractivity (Wildman–Crippen MR) is 116 cm³/mol. The first-order valence-corrected chi connectivity index (χ1v) is 11.0. The number of carbonyl (C=O) groups excluding carboxylic acids is 3. The lowest BCUT2D eigenvalue weighted by molar-refractivity contribution is -0.122. The second kappa shape index (κ2) is 15.8. The van der Waals surface area contributed by atoms with Crippen LogP contribution in [0.1, 0.15) is 79.6 Å². The first kappa shape index (κ1) is 26.9. The predicted octanol–water partition coefficient (Wildman–Crippen LogP) is 2.64. The van der Waals surface area contributed by atoms with Gasteiger partial charge >= 0.3 is 0 Å². The van der Waals surface area contributed by atoms with Crippen LogP contribution in [0.15, 0.2) is 0 Å². The van der Waals surface area contributed by atoms with Gasteiger partial charge in [-0.1, -0.05) is 53.4 Å². The molecule has 0 aromatic heterocycles. The van der Waals surface area contributed by atoms with Crippen LogP contribution >= 0.6 is 0 Å². The molecule has 0 spiro atoms. The van der Waals surface area contributed by atoms with E-state index in [1.807, 2.05) is 0 Å². The fraction of sp³-hybridized carbons (Fsp3) is 0.864. The average Bonchev–Trinajstić information content (AvgIpc) is 2.64. The van der Waals surface area contributed by atoms with E-state index in [4.69, 9.17) is 0 Å². The minimum atomic E-state index is -0.355. The van der Waals surface area contributed by atoms with Crippen LogP contribution in [0.2, 0.25) is 0 Å². The molecule has 0 heterocycles. The molecule has 6 heteroatoms. The minimum Gasteiger partial charge on any atom is -0.311 e. The first-order valence-electron chi connectivity index (χ1n) is 11.0. The molecule has 0 aromatic rings. The monoisotopic (exact) mass is 397 g/mol. The zero-order valence-electron chi connectivity index (χ0n) is 18.9. The molecule has 28 heavy (non-hydrogen) atoms. The van der Waals surface area contributed by atoms with Gasteiger partial charge in [0.2, 0.25) is 0 Å². The molecule has 0 aliphatic rings. The molecule has 0 aliphatic carbocycles. The lowest BCUT2D eigenvalue weighted by Crippen LogP contribution is -2.49. The second-order valence-electron chi connectivity index (χ2n) is 8.17. The van der Waals surface area contributed by atoms with Crippen molar-refractivity contribution < 1.29 is 14.4 Å². The molecule has 6 nitrogen and oxygen atoms in total. The van der Waals surface area contributed by atoms with Crippen molar-refractivity contribution in [3.8, 4) is 0 Å². The van der Waals surface area contributed by atoms with E-state index in [0.717, 1.165) is 38.5 Å². The lowest BCUT2D eigenvalue weighted by Gasteiger charge is -2.22. The molecule has 3 atom stereocenters. The van der Waals surface area contributed by atoms with Crippen molar-refractivity contribution in [2.24, 2.45) is 5.92 Å². The van der Waals surface area contributed by atoms with E-state index in [2.05, 4.69) is 43.6 Å². The Bertz CT molecular complexity index is 466. The minimum absolute atomic E-state index is 0.0193. The summed E-state index contributed by atoms with van der Waals surface area (Å²) in [5, 5.41) is 9.37. The fourth-order valence-corrected chi connectivity index (χ4v) is 3.22. The molecule has 164 valence electrons. The van der Waals surface area contributed by atoms with Crippen LogP contribution < -0.4 is 16.0 Å². The third kappa shape index (κ3) is 11.7. The normalized spacial score (nSPS) is 14.7. The Balaban J connectivity index is 4.75. The molecule has 0 fully saturated rings. The summed E-state index contributed by atoms with van der Waals surface area (Å²) in [5.41, 5.74) is 0.